The average Bonchev–Trinajstić information content (AvgIpc) is 3.75. The lowest BCUT2D eigenvalue weighted by Gasteiger charge is -2.29. The SMILES string of the molecule is CC1(C)NC(=O)[C@@H]2CCCN2C(=O)c2ccc(cc2)C=NNC(=O)C(C)(C)NC(=O)[C@@H]2CCCN2C(=O)c2ccc(cc2)C=NNC1=O. The van der Waals surface area contributed by atoms with Crippen LogP contribution in [0.25, 0.3) is 0 Å². The molecule has 8 rings (SSSR count). The van der Waals surface area contributed by atoms with Crippen LogP contribution in [0.1, 0.15) is 85.2 Å². The molecule has 6 aliphatic heterocycles. The molecule has 4 bridgehead atoms. The summed E-state index contributed by atoms with van der Waals surface area (Å²) in [6.07, 6.45) is 4.98. The molecule has 6 amide bonds. The summed E-state index contributed by atoms with van der Waals surface area (Å²) in [6, 6.07) is 11.5. The Hall–Kier alpha value is -5.40. The van der Waals surface area contributed by atoms with Crippen LogP contribution in [0, 0.1) is 0 Å². The van der Waals surface area contributed by atoms with Crippen LogP contribution < -0.4 is 21.5 Å². The predicted molar refractivity (Wildman–Crippen MR) is 177 cm³/mol. The van der Waals surface area contributed by atoms with Crippen LogP contribution in [0.2, 0.25) is 0 Å². The number of hydrogen-bond donors (Lipinski definition) is 4. The van der Waals surface area contributed by atoms with Crippen molar-refractivity contribution in [1.82, 2.24) is 31.3 Å². The van der Waals surface area contributed by atoms with Gasteiger partial charge in [-0.05, 0) is 88.8 Å². The van der Waals surface area contributed by atoms with Gasteiger partial charge in [0.25, 0.3) is 23.6 Å². The van der Waals surface area contributed by atoms with E-state index in [-0.39, 0.29) is 11.8 Å². The molecule has 4 N–H and O–H groups in total. The highest BCUT2D eigenvalue weighted by molar-refractivity contribution is 6.01. The number of hydrogen-bond acceptors (Lipinski definition) is 8. The Labute approximate surface area is 278 Å². The molecule has 2 fully saturated rings. The van der Waals surface area contributed by atoms with E-state index in [9.17, 15) is 28.8 Å². The van der Waals surface area contributed by atoms with Crippen molar-refractivity contribution >= 4 is 47.9 Å². The molecular formula is C34H40N8O6. The van der Waals surface area contributed by atoms with E-state index in [2.05, 4.69) is 31.7 Å². The summed E-state index contributed by atoms with van der Waals surface area (Å²) in [5, 5.41) is 13.5. The number of rotatable bonds is 0. The molecule has 2 saturated heterocycles. The molecule has 0 spiro atoms. The van der Waals surface area contributed by atoms with Gasteiger partial charge in [-0.25, -0.2) is 10.9 Å². The molecule has 0 saturated carbocycles. The van der Waals surface area contributed by atoms with Gasteiger partial charge < -0.3 is 20.4 Å². The van der Waals surface area contributed by atoms with Gasteiger partial charge in [-0.2, -0.15) is 10.2 Å². The highest BCUT2D eigenvalue weighted by atomic mass is 16.2. The predicted octanol–water partition coefficient (Wildman–Crippen LogP) is 1.30. The van der Waals surface area contributed by atoms with Gasteiger partial charge in [-0.1, -0.05) is 24.3 Å². The summed E-state index contributed by atoms with van der Waals surface area (Å²) in [4.78, 5) is 82.3. The second-order valence-corrected chi connectivity index (χ2v) is 13.2. The summed E-state index contributed by atoms with van der Waals surface area (Å²) < 4.78 is 0. The normalized spacial score (nSPS) is 23.5. The summed E-state index contributed by atoms with van der Waals surface area (Å²) >= 11 is 0. The number of amides is 6. The molecule has 6 aliphatic rings. The number of nitrogens with one attached hydrogen (secondary N) is 4. The number of carbonyl (C=O) groups is 6. The monoisotopic (exact) mass is 656 g/mol. The molecule has 14 heteroatoms. The third kappa shape index (κ3) is 7.42. The zero-order chi connectivity index (χ0) is 34.6. The molecule has 0 aromatic heterocycles. The highest BCUT2D eigenvalue weighted by Gasteiger charge is 2.40. The Morgan fingerprint density at radius 1 is 0.583 bits per heavy atom. The van der Waals surface area contributed by atoms with E-state index in [1.807, 2.05) is 0 Å². The minimum atomic E-state index is -1.34. The van der Waals surface area contributed by atoms with E-state index in [4.69, 9.17) is 0 Å². The number of benzene rings is 2. The van der Waals surface area contributed by atoms with E-state index in [1.54, 1.807) is 76.2 Å². The van der Waals surface area contributed by atoms with E-state index in [0.717, 1.165) is 0 Å². The molecule has 2 atom stereocenters. The number of carbonyl (C=O) groups excluding carboxylic acids is 6. The first kappa shape index (κ1) is 33.9. The van der Waals surface area contributed by atoms with Crippen LogP contribution >= 0.6 is 0 Å². The molecule has 252 valence electrons. The average molecular weight is 657 g/mol. The lowest BCUT2D eigenvalue weighted by molar-refractivity contribution is -0.134. The van der Waals surface area contributed by atoms with Gasteiger partial charge >= 0.3 is 0 Å². The minimum Gasteiger partial charge on any atom is -0.340 e. The van der Waals surface area contributed by atoms with Crippen molar-refractivity contribution in [2.24, 2.45) is 10.2 Å². The van der Waals surface area contributed by atoms with Crippen LogP contribution in [0.4, 0.5) is 0 Å². The molecular weight excluding hydrogens is 616 g/mol. The topological polar surface area (TPSA) is 182 Å². The maximum Gasteiger partial charge on any atom is 0.265 e. The van der Waals surface area contributed by atoms with Crippen molar-refractivity contribution in [2.45, 2.75) is 76.5 Å². The fourth-order valence-corrected chi connectivity index (χ4v) is 5.83. The number of nitrogens with zero attached hydrogens (tertiary/aromatic N) is 4. The molecule has 14 nitrogen and oxygen atoms in total. The van der Waals surface area contributed by atoms with Crippen LogP contribution in [-0.2, 0) is 19.2 Å². The zero-order valence-corrected chi connectivity index (χ0v) is 27.4. The van der Waals surface area contributed by atoms with Crippen LogP contribution in [0.3, 0.4) is 0 Å². The van der Waals surface area contributed by atoms with Gasteiger partial charge in [0, 0.05) is 24.2 Å². The van der Waals surface area contributed by atoms with Crippen molar-refractivity contribution < 1.29 is 28.8 Å². The summed E-state index contributed by atoms with van der Waals surface area (Å²) in [5.41, 5.74) is 4.15. The molecule has 48 heavy (non-hydrogen) atoms. The smallest absolute Gasteiger partial charge is 0.265 e. The standard InChI is InChI=1S/C34H40N8O6/c1-33(2)31(47)39-35-19-21-9-13-24(14-10-21)30(46)42-18-6-8-26(42)28(44)38-34(3,4)32(48)40-36-20-22-11-15-23(16-12-22)29(45)41-17-5-7-25(41)27(43)37-33/h9-16,19-20,25-26H,5-8,17-18H2,1-4H3,(H,37,43)(H,38,44)(H,39,47)(H,40,48)/t25-,26-/m0/s1. The first-order chi connectivity index (χ1) is 22.8. The maximum atomic E-state index is 13.4. The highest BCUT2D eigenvalue weighted by Crippen LogP contribution is 2.23. The largest absolute Gasteiger partial charge is 0.340 e. The van der Waals surface area contributed by atoms with Crippen molar-refractivity contribution in [1.29, 1.82) is 0 Å². The van der Waals surface area contributed by atoms with E-state index in [0.29, 0.717) is 61.0 Å². The first-order valence-electron chi connectivity index (χ1n) is 15.9. The molecule has 0 unspecified atom stereocenters. The van der Waals surface area contributed by atoms with Gasteiger partial charge in [0.05, 0.1) is 12.4 Å². The lowest BCUT2D eigenvalue weighted by Crippen LogP contribution is -2.58. The van der Waals surface area contributed by atoms with E-state index in [1.165, 1.54) is 22.2 Å². The fourth-order valence-electron chi connectivity index (χ4n) is 5.83. The van der Waals surface area contributed by atoms with E-state index >= 15 is 0 Å². The van der Waals surface area contributed by atoms with Crippen molar-refractivity contribution in [3.05, 3.63) is 70.8 Å². The van der Waals surface area contributed by atoms with E-state index < -0.39 is 46.8 Å². The molecule has 2 aromatic rings. The lowest BCUT2D eigenvalue weighted by atomic mass is 10.0. The molecule has 0 radical (unpaired) electrons. The molecule has 6 heterocycles. The third-order valence-electron chi connectivity index (χ3n) is 8.71. The van der Waals surface area contributed by atoms with Crippen molar-refractivity contribution in [3.8, 4) is 0 Å². The van der Waals surface area contributed by atoms with Gasteiger partial charge in [-0.15, -0.1) is 0 Å². The van der Waals surface area contributed by atoms with Gasteiger partial charge in [0.1, 0.15) is 23.2 Å². The first-order valence-corrected chi connectivity index (χ1v) is 15.9. The Kier molecular flexibility index (Phi) is 9.73. The Morgan fingerprint density at radius 3 is 1.29 bits per heavy atom. The second-order valence-electron chi connectivity index (χ2n) is 13.2. The Bertz CT molecular complexity index is 1540. The van der Waals surface area contributed by atoms with Gasteiger partial charge in [0.15, 0.2) is 0 Å². The van der Waals surface area contributed by atoms with Crippen molar-refractivity contribution in [2.75, 3.05) is 13.1 Å². The van der Waals surface area contributed by atoms with Crippen LogP contribution in [0.15, 0.2) is 58.7 Å². The Morgan fingerprint density at radius 2 is 0.938 bits per heavy atom. The molecule has 2 aromatic carbocycles. The van der Waals surface area contributed by atoms with Gasteiger partial charge in [-0.3, -0.25) is 28.8 Å². The van der Waals surface area contributed by atoms with Crippen molar-refractivity contribution in [3.63, 3.8) is 0 Å². The summed E-state index contributed by atoms with van der Waals surface area (Å²) in [7, 11) is 0. The van der Waals surface area contributed by atoms with Gasteiger partial charge in [0.2, 0.25) is 11.8 Å². The molecule has 0 aliphatic carbocycles. The van der Waals surface area contributed by atoms with Crippen LogP contribution in [0.5, 0.6) is 0 Å². The summed E-state index contributed by atoms with van der Waals surface area (Å²) in [6.45, 7) is 6.96. The summed E-state index contributed by atoms with van der Waals surface area (Å²) in [5.74, 6) is -2.66. The number of hydrazone groups is 2. The fraction of sp³-hybridized carbons (Fsp3) is 0.412. The third-order valence-corrected chi connectivity index (χ3v) is 8.71. The quantitative estimate of drug-likeness (QED) is 0.332. The maximum absolute atomic E-state index is 13.4. The van der Waals surface area contributed by atoms with Crippen LogP contribution in [-0.4, -0.2) is 93.9 Å². The minimum absolute atomic E-state index is 0.324. The Balaban J connectivity index is 1.40. The zero-order valence-electron chi connectivity index (χ0n) is 27.4. The second kappa shape index (κ2) is 13.8.